The van der Waals surface area contributed by atoms with Crippen molar-refractivity contribution in [3.63, 3.8) is 0 Å². The monoisotopic (exact) mass is 165 g/mol. The van der Waals surface area contributed by atoms with E-state index in [1.54, 1.807) is 6.33 Å². The molecular weight excluding hydrogens is 150 g/mol. The van der Waals surface area contributed by atoms with Gasteiger partial charge in [0.1, 0.15) is 6.33 Å². The Bertz CT molecular complexity index is 210. The summed E-state index contributed by atoms with van der Waals surface area (Å²) in [6.45, 7) is 3.23. The van der Waals surface area contributed by atoms with E-state index < -0.39 is 0 Å². The van der Waals surface area contributed by atoms with Crippen molar-refractivity contribution in [3.8, 4) is 0 Å². The molecule has 1 unspecified atom stereocenters. The zero-order chi connectivity index (χ0) is 8.81. The van der Waals surface area contributed by atoms with Crippen molar-refractivity contribution in [2.45, 2.75) is 19.3 Å². The van der Waals surface area contributed by atoms with E-state index >= 15 is 0 Å². The first-order valence-electron chi connectivity index (χ1n) is 4.24. The van der Waals surface area contributed by atoms with Gasteiger partial charge in [-0.2, -0.15) is 0 Å². The molecule has 1 heterocycles. The van der Waals surface area contributed by atoms with Gasteiger partial charge in [-0.1, -0.05) is 6.92 Å². The van der Waals surface area contributed by atoms with Crippen LogP contribution in [0.25, 0.3) is 0 Å². The lowest BCUT2D eigenvalue weighted by Gasteiger charge is -2.09. The van der Waals surface area contributed by atoms with Crippen LogP contribution in [0.5, 0.6) is 0 Å². The van der Waals surface area contributed by atoms with E-state index in [9.17, 15) is 0 Å². The molecule has 1 N–H and O–H groups in total. The minimum Gasteiger partial charge on any atom is -0.320 e. The van der Waals surface area contributed by atoms with Crippen LogP contribution in [0.1, 0.15) is 24.8 Å². The summed E-state index contributed by atoms with van der Waals surface area (Å²) in [6, 6.07) is 0. The van der Waals surface area contributed by atoms with Crippen LogP contribution in [0.2, 0.25) is 0 Å². The summed E-state index contributed by atoms with van der Waals surface area (Å²) < 4.78 is 0. The van der Waals surface area contributed by atoms with Crippen LogP contribution < -0.4 is 5.32 Å². The van der Waals surface area contributed by atoms with Crippen molar-refractivity contribution in [3.05, 3.63) is 24.3 Å². The highest BCUT2D eigenvalue weighted by atomic mass is 14.8. The molecule has 0 saturated carbocycles. The minimum absolute atomic E-state index is 0.540. The highest BCUT2D eigenvalue weighted by Crippen LogP contribution is 2.15. The summed E-state index contributed by atoms with van der Waals surface area (Å²) >= 11 is 0. The van der Waals surface area contributed by atoms with Crippen molar-refractivity contribution >= 4 is 0 Å². The molecular formula is C9H15N3. The van der Waals surface area contributed by atoms with Gasteiger partial charge in [0.15, 0.2) is 0 Å². The van der Waals surface area contributed by atoms with E-state index in [0.29, 0.717) is 5.92 Å². The predicted octanol–water partition coefficient (Wildman–Crippen LogP) is 1.19. The van der Waals surface area contributed by atoms with Crippen LogP contribution in [0.3, 0.4) is 0 Å². The molecule has 0 aliphatic carbocycles. The molecule has 0 fully saturated rings. The van der Waals surface area contributed by atoms with Crippen molar-refractivity contribution in [2.75, 3.05) is 13.6 Å². The Hall–Kier alpha value is -0.960. The lowest BCUT2D eigenvalue weighted by atomic mass is 10.0. The van der Waals surface area contributed by atoms with Gasteiger partial charge in [-0.05, 0) is 31.5 Å². The molecule has 3 nitrogen and oxygen atoms in total. The first kappa shape index (κ1) is 9.13. The van der Waals surface area contributed by atoms with Crippen LogP contribution in [-0.4, -0.2) is 23.6 Å². The van der Waals surface area contributed by atoms with Crippen LogP contribution in [0.15, 0.2) is 18.7 Å². The van der Waals surface area contributed by atoms with Crippen molar-refractivity contribution in [2.24, 2.45) is 0 Å². The smallest absolute Gasteiger partial charge is 0.115 e. The number of hydrogen-bond acceptors (Lipinski definition) is 3. The highest BCUT2D eigenvalue weighted by molar-refractivity contribution is 5.08. The normalized spacial score (nSPS) is 12.8. The summed E-state index contributed by atoms with van der Waals surface area (Å²) in [5, 5.41) is 3.13. The topological polar surface area (TPSA) is 37.8 Å². The molecule has 66 valence electrons. The zero-order valence-electron chi connectivity index (χ0n) is 7.62. The number of nitrogens with one attached hydrogen (secondary N) is 1. The van der Waals surface area contributed by atoms with Gasteiger partial charge in [0.25, 0.3) is 0 Å². The number of rotatable bonds is 4. The number of hydrogen-bond donors (Lipinski definition) is 1. The fourth-order valence-corrected chi connectivity index (χ4v) is 1.09. The lowest BCUT2D eigenvalue weighted by molar-refractivity contribution is 0.632. The van der Waals surface area contributed by atoms with E-state index in [4.69, 9.17) is 0 Å². The summed E-state index contributed by atoms with van der Waals surface area (Å²) in [7, 11) is 1.97. The van der Waals surface area contributed by atoms with E-state index in [1.807, 2.05) is 19.4 Å². The quantitative estimate of drug-likeness (QED) is 0.728. The second-order valence-corrected chi connectivity index (χ2v) is 2.97. The summed E-state index contributed by atoms with van der Waals surface area (Å²) in [4.78, 5) is 7.96. The molecule has 1 atom stereocenters. The third-order valence-corrected chi connectivity index (χ3v) is 1.98. The first-order valence-corrected chi connectivity index (χ1v) is 4.24. The molecule has 0 radical (unpaired) electrons. The Labute approximate surface area is 73.2 Å². The fraction of sp³-hybridized carbons (Fsp3) is 0.556. The Morgan fingerprint density at radius 3 is 2.67 bits per heavy atom. The molecule has 0 spiro atoms. The van der Waals surface area contributed by atoms with E-state index in [0.717, 1.165) is 13.0 Å². The predicted molar refractivity (Wildman–Crippen MR) is 49.0 cm³/mol. The summed E-state index contributed by atoms with van der Waals surface area (Å²) in [5.74, 6) is 0.540. The van der Waals surface area contributed by atoms with Gasteiger partial charge in [-0.15, -0.1) is 0 Å². The highest BCUT2D eigenvalue weighted by Gasteiger charge is 2.03. The van der Waals surface area contributed by atoms with E-state index in [2.05, 4.69) is 22.2 Å². The SMILES string of the molecule is CNCCC(C)c1cncnc1. The Morgan fingerprint density at radius 2 is 2.08 bits per heavy atom. The van der Waals surface area contributed by atoms with Gasteiger partial charge >= 0.3 is 0 Å². The van der Waals surface area contributed by atoms with Gasteiger partial charge in [0.2, 0.25) is 0 Å². The van der Waals surface area contributed by atoms with Crippen molar-refractivity contribution in [1.29, 1.82) is 0 Å². The summed E-state index contributed by atoms with van der Waals surface area (Å²) in [5.41, 5.74) is 1.22. The van der Waals surface area contributed by atoms with Gasteiger partial charge in [-0.25, -0.2) is 9.97 Å². The van der Waals surface area contributed by atoms with Gasteiger partial charge < -0.3 is 5.32 Å². The Kier molecular flexibility index (Phi) is 3.67. The molecule has 1 aromatic heterocycles. The van der Waals surface area contributed by atoms with Gasteiger partial charge in [0, 0.05) is 12.4 Å². The second kappa shape index (κ2) is 4.83. The molecule has 1 rings (SSSR count). The molecule has 0 aliphatic heterocycles. The van der Waals surface area contributed by atoms with Gasteiger partial charge in [0.05, 0.1) is 0 Å². The van der Waals surface area contributed by atoms with Crippen molar-refractivity contribution < 1.29 is 0 Å². The van der Waals surface area contributed by atoms with Gasteiger partial charge in [-0.3, -0.25) is 0 Å². The van der Waals surface area contributed by atoms with Crippen molar-refractivity contribution in [1.82, 2.24) is 15.3 Å². The van der Waals surface area contributed by atoms with E-state index in [-0.39, 0.29) is 0 Å². The molecule has 0 amide bonds. The third-order valence-electron chi connectivity index (χ3n) is 1.98. The molecule has 12 heavy (non-hydrogen) atoms. The number of aromatic nitrogens is 2. The van der Waals surface area contributed by atoms with Crippen LogP contribution in [0.4, 0.5) is 0 Å². The summed E-state index contributed by atoms with van der Waals surface area (Å²) in [6.07, 6.45) is 6.46. The van der Waals surface area contributed by atoms with Crippen LogP contribution in [0, 0.1) is 0 Å². The molecule has 0 aliphatic rings. The molecule has 3 heteroatoms. The average molecular weight is 165 g/mol. The Morgan fingerprint density at radius 1 is 1.42 bits per heavy atom. The lowest BCUT2D eigenvalue weighted by Crippen LogP contribution is -2.10. The third kappa shape index (κ3) is 2.58. The molecule has 0 bridgehead atoms. The maximum absolute atomic E-state index is 3.98. The first-order chi connectivity index (χ1) is 5.84. The fourth-order valence-electron chi connectivity index (χ4n) is 1.09. The molecule has 0 saturated heterocycles. The zero-order valence-corrected chi connectivity index (χ0v) is 7.62. The molecule has 0 aromatic carbocycles. The molecule has 1 aromatic rings. The minimum atomic E-state index is 0.540. The Balaban J connectivity index is 2.48. The second-order valence-electron chi connectivity index (χ2n) is 2.97. The number of nitrogens with zero attached hydrogens (tertiary/aromatic N) is 2. The van der Waals surface area contributed by atoms with E-state index in [1.165, 1.54) is 5.56 Å². The standard InChI is InChI=1S/C9H15N3/c1-8(3-4-10-2)9-5-11-7-12-6-9/h5-8,10H,3-4H2,1-2H3. The largest absolute Gasteiger partial charge is 0.320 e. The van der Waals surface area contributed by atoms with Crippen LogP contribution >= 0.6 is 0 Å². The van der Waals surface area contributed by atoms with Crippen LogP contribution in [-0.2, 0) is 0 Å². The maximum atomic E-state index is 3.98. The average Bonchev–Trinajstić information content (AvgIpc) is 2.15. The maximum Gasteiger partial charge on any atom is 0.115 e.